The fourth-order valence-electron chi connectivity index (χ4n) is 0.668. The third kappa shape index (κ3) is 7.31. The Morgan fingerprint density at radius 1 is 1.06 bits per heavy atom. The molecule has 0 rings (SSSR count). The van der Waals surface area contributed by atoms with Gasteiger partial charge in [0, 0.05) is 24.4 Å². The van der Waals surface area contributed by atoms with Crippen molar-refractivity contribution < 1.29 is 46.4 Å². The van der Waals surface area contributed by atoms with Gasteiger partial charge in [0.15, 0.2) is 6.10 Å². The molecule has 0 heterocycles. The summed E-state index contributed by atoms with van der Waals surface area (Å²) in [6, 6.07) is 0. The minimum absolute atomic E-state index is 0. The molecule has 99 valence electrons. The van der Waals surface area contributed by atoms with Crippen molar-refractivity contribution in [1.29, 1.82) is 0 Å². The van der Waals surface area contributed by atoms with E-state index in [9.17, 15) is 4.79 Å². The predicted octanol–water partition coefficient (Wildman–Crippen LogP) is -4.17. The van der Waals surface area contributed by atoms with Crippen LogP contribution in [0.1, 0.15) is 0 Å². The van der Waals surface area contributed by atoms with Gasteiger partial charge in [0.2, 0.25) is 0 Å². The Morgan fingerprint density at radius 3 is 1.69 bits per heavy atom. The molecule has 4 atom stereocenters. The average molecular weight is 351 g/mol. The smallest absolute Gasteiger partial charge is 0.335 e. The van der Waals surface area contributed by atoms with Crippen LogP contribution in [0.5, 0.6) is 0 Å². The summed E-state index contributed by atoms with van der Waals surface area (Å²) in [4.78, 5) is 10.1. The Bertz CT molecular complexity index is 177. The van der Waals surface area contributed by atoms with E-state index in [1.165, 1.54) is 0 Å². The van der Waals surface area contributed by atoms with E-state index >= 15 is 0 Å². The summed E-state index contributed by atoms with van der Waals surface area (Å²) in [6.07, 6.45) is -7.84. The van der Waals surface area contributed by atoms with Gasteiger partial charge in [-0.1, -0.05) is 0 Å². The first-order valence-corrected chi connectivity index (χ1v) is 3.47. The van der Waals surface area contributed by atoms with E-state index in [0.29, 0.717) is 0 Å². The van der Waals surface area contributed by atoms with Crippen molar-refractivity contribution in [2.75, 3.05) is 6.61 Å². The number of aliphatic hydroxyl groups excluding tert-OH is 5. The van der Waals surface area contributed by atoms with Crippen LogP contribution in [-0.2, 0) is 10.3 Å². The quantitative estimate of drug-likeness (QED) is 0.268. The standard InChI is InChI=1S/C6H12O7.H2O.O.Sb/c7-1-2(8)3(9)4(10)5(11)6(12)13;;;/h2-5,7-11H,1H2,(H,12,13);1H2;;/q;;-2;/p-1. The summed E-state index contributed by atoms with van der Waals surface area (Å²) in [5, 5.41) is 51.8. The number of hydrogen-bond donors (Lipinski definition) is 6. The zero-order chi connectivity index (χ0) is 10.6. The third-order valence-corrected chi connectivity index (χ3v) is 1.51. The van der Waals surface area contributed by atoms with Gasteiger partial charge < -0.3 is 41.6 Å². The van der Waals surface area contributed by atoms with Gasteiger partial charge in [-0.3, -0.25) is 0 Å². The maximum Gasteiger partial charge on any atom is 0.335 e. The maximum atomic E-state index is 10.1. The van der Waals surface area contributed by atoms with Gasteiger partial charge in [-0.25, -0.2) is 4.79 Å². The monoisotopic (exact) mass is 350 g/mol. The fourth-order valence-corrected chi connectivity index (χ4v) is 0.668. The van der Waals surface area contributed by atoms with Crippen LogP contribution in [0.3, 0.4) is 0 Å². The normalized spacial score (nSPS) is 16.6. The van der Waals surface area contributed by atoms with E-state index in [2.05, 4.69) is 0 Å². The molecule has 4 unspecified atom stereocenters. The van der Waals surface area contributed by atoms with Gasteiger partial charge in [-0.05, 0) is 0 Å². The van der Waals surface area contributed by atoms with E-state index < -0.39 is 37.0 Å². The van der Waals surface area contributed by atoms with Crippen molar-refractivity contribution in [2.24, 2.45) is 0 Å². The van der Waals surface area contributed by atoms with Crippen LogP contribution < -0.4 is 0 Å². The van der Waals surface area contributed by atoms with Crippen molar-refractivity contribution >= 4 is 30.4 Å². The fraction of sp³-hybridized carbons (Fsp3) is 0.833. The minimum Gasteiger partial charge on any atom is -2.00 e. The third-order valence-electron chi connectivity index (χ3n) is 1.51. The molecule has 0 saturated carbocycles. The van der Waals surface area contributed by atoms with E-state index in [4.69, 9.17) is 30.6 Å². The molecule has 0 aromatic heterocycles. The minimum atomic E-state index is -2.20. The molecule has 0 spiro atoms. The maximum absolute atomic E-state index is 10.1. The Morgan fingerprint density at radius 2 is 1.44 bits per heavy atom. The molecule has 10 heteroatoms. The molecule has 3 radical (unpaired) electrons. The summed E-state index contributed by atoms with van der Waals surface area (Å²) in [5.41, 5.74) is 0. The molecule has 0 fully saturated rings. The molecule has 0 aromatic rings. The molecule has 7 N–H and O–H groups in total. The molecule has 0 aliphatic rings. The summed E-state index contributed by atoms with van der Waals surface area (Å²) >= 11 is 0. The van der Waals surface area contributed by atoms with Gasteiger partial charge in [-0.2, -0.15) is 0 Å². The largest absolute Gasteiger partial charge is 2.00 e. The van der Waals surface area contributed by atoms with Crippen LogP contribution in [0.15, 0.2) is 0 Å². The van der Waals surface area contributed by atoms with Crippen LogP contribution in [0, 0.1) is 0 Å². The second-order valence-corrected chi connectivity index (χ2v) is 2.51. The second-order valence-electron chi connectivity index (χ2n) is 2.51. The Balaban J connectivity index is -0.000000240. The van der Waals surface area contributed by atoms with E-state index in [0.717, 1.165) is 0 Å². The summed E-state index contributed by atoms with van der Waals surface area (Å²) < 4.78 is 0. The summed E-state index contributed by atoms with van der Waals surface area (Å²) in [7, 11) is 0. The molecular weight excluding hydrogens is 338 g/mol. The van der Waals surface area contributed by atoms with E-state index in [1.54, 1.807) is 0 Å². The number of aliphatic carboxylic acids is 1. The van der Waals surface area contributed by atoms with Gasteiger partial charge in [0.05, 0.1) is 6.61 Å². The summed E-state index contributed by atoms with van der Waals surface area (Å²) in [6.45, 7) is -0.843. The van der Waals surface area contributed by atoms with Gasteiger partial charge in [0.1, 0.15) is 18.3 Å². The Labute approximate surface area is 108 Å². The zero-order valence-corrected chi connectivity index (χ0v) is 10.5. The number of rotatable bonds is 5. The number of carboxylic acids is 1. The number of carbonyl (C=O) groups is 1. The van der Waals surface area contributed by atoms with Crippen molar-refractivity contribution in [2.45, 2.75) is 24.4 Å². The molecule has 16 heavy (non-hydrogen) atoms. The van der Waals surface area contributed by atoms with Crippen LogP contribution in [0.25, 0.3) is 0 Å². The molecule has 0 aliphatic heterocycles. The molecular formula is C6H13O9Sb-3. The van der Waals surface area contributed by atoms with Crippen molar-refractivity contribution in [1.82, 2.24) is 0 Å². The van der Waals surface area contributed by atoms with Gasteiger partial charge in [-0.15, -0.1) is 0 Å². The number of carboxylic acid groups (broad SMARTS) is 1. The Kier molecular flexibility index (Phi) is 18.0. The molecule has 0 aromatic carbocycles. The first-order valence-electron chi connectivity index (χ1n) is 3.47. The molecule has 9 nitrogen and oxygen atoms in total. The van der Waals surface area contributed by atoms with Crippen molar-refractivity contribution in [3.63, 3.8) is 0 Å². The van der Waals surface area contributed by atoms with E-state index in [1.807, 2.05) is 0 Å². The topological polar surface area (TPSA) is 197 Å². The second kappa shape index (κ2) is 11.5. The van der Waals surface area contributed by atoms with Crippen molar-refractivity contribution in [3.05, 3.63) is 0 Å². The van der Waals surface area contributed by atoms with Crippen LogP contribution in [-0.4, -0.2) is 97.5 Å². The van der Waals surface area contributed by atoms with Crippen LogP contribution in [0.2, 0.25) is 0 Å². The zero-order valence-electron chi connectivity index (χ0n) is 7.91. The van der Waals surface area contributed by atoms with Crippen LogP contribution >= 0.6 is 0 Å². The molecule has 0 bridgehead atoms. The summed E-state index contributed by atoms with van der Waals surface area (Å²) in [5.74, 6) is -1.73. The first-order chi connectivity index (χ1) is 5.91. The number of aliphatic hydroxyl groups is 5. The van der Waals surface area contributed by atoms with Gasteiger partial charge >= 0.3 is 5.97 Å². The van der Waals surface area contributed by atoms with Crippen LogP contribution in [0.4, 0.5) is 0 Å². The van der Waals surface area contributed by atoms with Crippen molar-refractivity contribution in [3.8, 4) is 0 Å². The average Bonchev–Trinajstić information content (AvgIpc) is 2.12. The first kappa shape index (κ1) is 25.0. The predicted molar refractivity (Wildman–Crippen MR) is 47.1 cm³/mol. The van der Waals surface area contributed by atoms with Gasteiger partial charge in [0.25, 0.3) is 0 Å². The molecule has 0 saturated heterocycles. The molecule has 0 aliphatic carbocycles. The number of hydrogen-bond acceptors (Lipinski definition) is 7. The Hall–Kier alpha value is 0.00818. The molecule has 0 amide bonds. The SMILES string of the molecule is O=C(O)C(O)C(O)C(O)C(O)CO.[O-2].[OH-].[Sb]. The van der Waals surface area contributed by atoms with E-state index in [-0.39, 0.29) is 35.4 Å².